The van der Waals surface area contributed by atoms with Crippen molar-refractivity contribution in [1.82, 2.24) is 20.4 Å². The van der Waals surface area contributed by atoms with Gasteiger partial charge in [0, 0.05) is 22.7 Å². The second kappa shape index (κ2) is 10.5. The Labute approximate surface area is 205 Å². The Kier molecular flexibility index (Phi) is 7.50. The van der Waals surface area contributed by atoms with Crippen molar-refractivity contribution >= 4 is 34.7 Å². The number of allylic oxidation sites excluding steroid dienone is 1. The fourth-order valence-electron chi connectivity index (χ4n) is 4.13. The van der Waals surface area contributed by atoms with Crippen LogP contribution in [-0.4, -0.2) is 33.0 Å². The monoisotopic (exact) mass is 478 g/mol. The molecule has 1 N–H and O–H groups in total. The van der Waals surface area contributed by atoms with Crippen molar-refractivity contribution in [2.24, 2.45) is 0 Å². The molecule has 4 rings (SSSR count). The van der Waals surface area contributed by atoms with Gasteiger partial charge in [-0.3, -0.25) is 0 Å². The quantitative estimate of drug-likeness (QED) is 0.222. The highest BCUT2D eigenvalue weighted by Gasteiger charge is 2.33. The second-order valence-electron chi connectivity index (χ2n) is 8.31. The zero-order chi connectivity index (χ0) is 23.4. The maximum absolute atomic E-state index is 5.84. The molecule has 2 aromatic carbocycles. The molecular formula is C26H30N4OS2. The maximum atomic E-state index is 5.84. The molecule has 0 amide bonds. The molecule has 33 heavy (non-hydrogen) atoms. The third-order valence-corrected chi connectivity index (χ3v) is 7.05. The largest absolute Gasteiger partial charge is 0.351 e. The molecule has 0 spiro atoms. The topological polar surface area (TPSA) is 54.2 Å². The Morgan fingerprint density at radius 2 is 1.91 bits per heavy atom. The molecule has 0 bridgehead atoms. The number of unbranched alkanes of at least 4 members (excludes halogenated alkanes) is 2. The van der Waals surface area contributed by atoms with Crippen molar-refractivity contribution < 1.29 is 4.52 Å². The molecule has 172 valence electrons. The van der Waals surface area contributed by atoms with E-state index in [9.17, 15) is 0 Å². The number of aryl methyl sites for hydroxylation is 1. The summed E-state index contributed by atoms with van der Waals surface area (Å²) in [5.74, 6) is 1.12. The van der Waals surface area contributed by atoms with Crippen molar-refractivity contribution in [3.05, 3.63) is 71.2 Å². The van der Waals surface area contributed by atoms with Crippen LogP contribution in [0.5, 0.6) is 0 Å². The van der Waals surface area contributed by atoms with E-state index in [-0.39, 0.29) is 6.04 Å². The van der Waals surface area contributed by atoms with E-state index >= 15 is 0 Å². The highest BCUT2D eigenvalue weighted by Crippen LogP contribution is 2.38. The summed E-state index contributed by atoms with van der Waals surface area (Å²) in [6, 6.07) is 16.6. The number of aromatic nitrogens is 2. The predicted octanol–water partition coefficient (Wildman–Crippen LogP) is 6.62. The van der Waals surface area contributed by atoms with Gasteiger partial charge in [0.05, 0.1) is 11.6 Å². The summed E-state index contributed by atoms with van der Waals surface area (Å²) in [6.07, 6.45) is 5.49. The number of benzene rings is 2. The molecule has 0 radical (unpaired) electrons. The lowest BCUT2D eigenvalue weighted by molar-refractivity contribution is 0.395. The van der Waals surface area contributed by atoms with Crippen LogP contribution in [0.3, 0.4) is 0 Å². The molecule has 0 saturated carbocycles. The number of nitrogens with one attached hydrogen (secondary N) is 1. The number of hydrogen-bond donors (Lipinski definition) is 1. The van der Waals surface area contributed by atoms with Gasteiger partial charge in [0.2, 0.25) is 5.82 Å². The number of nitrogens with zero attached hydrogens (tertiary/aromatic N) is 3. The van der Waals surface area contributed by atoms with Crippen molar-refractivity contribution in [2.45, 2.75) is 51.0 Å². The minimum Gasteiger partial charge on any atom is -0.351 e. The van der Waals surface area contributed by atoms with Gasteiger partial charge in [0.1, 0.15) is 0 Å². The highest BCUT2D eigenvalue weighted by atomic mass is 32.2. The number of thioether (sulfide) groups is 1. The first kappa shape index (κ1) is 23.5. The van der Waals surface area contributed by atoms with Crippen molar-refractivity contribution in [1.29, 1.82) is 0 Å². The van der Waals surface area contributed by atoms with Crippen LogP contribution in [-0.2, 0) is 0 Å². The van der Waals surface area contributed by atoms with Gasteiger partial charge in [-0.25, -0.2) is 0 Å². The van der Waals surface area contributed by atoms with Gasteiger partial charge in [-0.15, -0.1) is 11.8 Å². The molecule has 1 aliphatic rings. The van der Waals surface area contributed by atoms with Crippen molar-refractivity contribution in [3.8, 4) is 11.4 Å². The van der Waals surface area contributed by atoms with Gasteiger partial charge >= 0.3 is 0 Å². The summed E-state index contributed by atoms with van der Waals surface area (Å²) < 4.78 is 5.84. The lowest BCUT2D eigenvalue weighted by Gasteiger charge is -2.37. The standard InChI is InChI=1S/C26H30N4OS2/c1-5-6-7-15-30-18(3)22(23(27-26(30)32)19-11-13-21(33-4)14-12-19)25-28-24(29-31-25)20-10-8-9-17(2)16-20/h8-14,16,23H,5-7,15H2,1-4H3,(H,27,32). The molecule has 1 unspecified atom stereocenters. The minimum absolute atomic E-state index is 0.151. The number of hydrogen-bond acceptors (Lipinski definition) is 5. The fourth-order valence-corrected chi connectivity index (χ4v) is 4.88. The van der Waals surface area contributed by atoms with Crippen molar-refractivity contribution in [3.63, 3.8) is 0 Å². The zero-order valence-electron chi connectivity index (χ0n) is 19.6. The first-order valence-corrected chi connectivity index (χ1v) is 13.0. The zero-order valence-corrected chi connectivity index (χ0v) is 21.2. The van der Waals surface area contributed by atoms with Gasteiger partial charge in [-0.05, 0) is 62.5 Å². The SMILES string of the molecule is CCCCCN1C(=S)NC(c2ccc(SC)cc2)C(c2nc(-c3cccc(C)c3)no2)=C1C. The van der Waals surface area contributed by atoms with Crippen LogP contribution < -0.4 is 5.32 Å². The van der Waals surface area contributed by atoms with E-state index in [4.69, 9.17) is 21.7 Å². The average molecular weight is 479 g/mol. The Balaban J connectivity index is 1.76. The lowest BCUT2D eigenvalue weighted by Crippen LogP contribution is -2.46. The Hall–Kier alpha value is -2.64. The van der Waals surface area contributed by atoms with E-state index in [2.05, 4.69) is 78.8 Å². The Morgan fingerprint density at radius 3 is 2.61 bits per heavy atom. The third-order valence-electron chi connectivity index (χ3n) is 5.96. The van der Waals surface area contributed by atoms with Crippen LogP contribution in [0.4, 0.5) is 0 Å². The average Bonchev–Trinajstić information content (AvgIpc) is 3.31. The van der Waals surface area contributed by atoms with Crippen LogP contribution >= 0.6 is 24.0 Å². The summed E-state index contributed by atoms with van der Waals surface area (Å²) in [6.45, 7) is 7.24. The summed E-state index contributed by atoms with van der Waals surface area (Å²) in [4.78, 5) is 8.20. The van der Waals surface area contributed by atoms with E-state index in [1.54, 1.807) is 11.8 Å². The second-order valence-corrected chi connectivity index (χ2v) is 9.57. The minimum atomic E-state index is -0.151. The molecule has 0 fully saturated rings. The number of rotatable bonds is 8. The Bertz CT molecular complexity index is 1150. The van der Waals surface area contributed by atoms with Crippen LogP contribution in [0.1, 0.15) is 56.2 Å². The molecule has 2 heterocycles. The Morgan fingerprint density at radius 1 is 1.12 bits per heavy atom. The highest BCUT2D eigenvalue weighted by molar-refractivity contribution is 7.98. The van der Waals surface area contributed by atoms with E-state index < -0.39 is 0 Å². The molecule has 0 saturated heterocycles. The summed E-state index contributed by atoms with van der Waals surface area (Å²) >= 11 is 7.52. The van der Waals surface area contributed by atoms with Gasteiger partial charge < -0.3 is 14.7 Å². The maximum Gasteiger partial charge on any atom is 0.258 e. The predicted molar refractivity (Wildman–Crippen MR) is 140 cm³/mol. The normalized spacial score (nSPS) is 16.3. The van der Waals surface area contributed by atoms with Crippen LogP contribution in [0.2, 0.25) is 0 Å². The van der Waals surface area contributed by atoms with Crippen LogP contribution in [0.15, 0.2) is 63.6 Å². The van der Waals surface area contributed by atoms with Gasteiger partial charge in [0.25, 0.3) is 5.89 Å². The van der Waals surface area contributed by atoms with E-state index in [1.165, 1.54) is 11.3 Å². The molecular weight excluding hydrogens is 448 g/mol. The molecule has 0 aliphatic carbocycles. The van der Waals surface area contributed by atoms with Crippen molar-refractivity contribution in [2.75, 3.05) is 12.8 Å². The van der Waals surface area contributed by atoms with Gasteiger partial charge in [0.15, 0.2) is 5.11 Å². The van der Waals surface area contributed by atoms with Crippen LogP contribution in [0, 0.1) is 6.92 Å². The number of thiocarbonyl (C=S) groups is 1. The molecule has 7 heteroatoms. The fraction of sp³-hybridized carbons (Fsp3) is 0.346. The van der Waals surface area contributed by atoms with Gasteiger partial charge in [-0.1, -0.05) is 60.8 Å². The third kappa shape index (κ3) is 5.14. The molecule has 1 aliphatic heterocycles. The summed E-state index contributed by atoms with van der Waals surface area (Å²) in [7, 11) is 0. The molecule has 1 aromatic heterocycles. The first-order valence-electron chi connectivity index (χ1n) is 11.4. The van der Waals surface area contributed by atoms with E-state index in [0.717, 1.165) is 52.5 Å². The molecule has 5 nitrogen and oxygen atoms in total. The lowest BCUT2D eigenvalue weighted by atomic mass is 9.94. The summed E-state index contributed by atoms with van der Waals surface area (Å²) in [5, 5.41) is 8.60. The van der Waals surface area contributed by atoms with E-state index in [1.807, 2.05) is 12.1 Å². The first-order chi connectivity index (χ1) is 16.0. The van der Waals surface area contributed by atoms with Crippen LogP contribution in [0.25, 0.3) is 17.0 Å². The smallest absolute Gasteiger partial charge is 0.258 e. The molecule has 1 atom stereocenters. The van der Waals surface area contributed by atoms with E-state index in [0.29, 0.717) is 11.7 Å². The molecule has 3 aromatic rings. The summed E-state index contributed by atoms with van der Waals surface area (Å²) in [5.41, 5.74) is 5.26. The van der Waals surface area contributed by atoms with Gasteiger partial charge in [-0.2, -0.15) is 4.98 Å².